The first kappa shape index (κ1) is 16.8. The smallest absolute Gasteiger partial charge is 0.0850 e. The number of hydrogen-bond donors (Lipinski definition) is 2. The van der Waals surface area contributed by atoms with Gasteiger partial charge in [-0.1, -0.05) is 51.1 Å². The SMILES string of the molecule is CN(Cc1ccc2cc(C(C)(C)C)ccc2c1)c1ccc2c(c1)NCN2. The lowest BCUT2D eigenvalue weighted by Gasteiger charge is -2.21. The number of hydrogen-bond acceptors (Lipinski definition) is 3. The highest BCUT2D eigenvalue weighted by molar-refractivity contribution is 5.84. The van der Waals surface area contributed by atoms with Gasteiger partial charge in [0.15, 0.2) is 0 Å². The Kier molecular flexibility index (Phi) is 4.03. The van der Waals surface area contributed by atoms with Gasteiger partial charge in [-0.15, -0.1) is 0 Å². The monoisotopic (exact) mass is 345 g/mol. The van der Waals surface area contributed by atoms with Crippen LogP contribution in [0.3, 0.4) is 0 Å². The Morgan fingerprint density at radius 1 is 0.846 bits per heavy atom. The molecule has 0 saturated carbocycles. The van der Waals surface area contributed by atoms with Crippen LogP contribution in [0.25, 0.3) is 10.8 Å². The zero-order valence-corrected chi connectivity index (χ0v) is 16.1. The van der Waals surface area contributed by atoms with Crippen molar-refractivity contribution in [3.8, 4) is 0 Å². The Morgan fingerprint density at radius 3 is 2.38 bits per heavy atom. The molecule has 3 aromatic carbocycles. The minimum absolute atomic E-state index is 0.184. The van der Waals surface area contributed by atoms with Gasteiger partial charge in [-0.25, -0.2) is 0 Å². The molecule has 1 heterocycles. The standard InChI is InChI=1S/C23H27N3/c1-23(2,3)19-8-7-17-11-16(5-6-18(17)12-19)14-26(4)20-9-10-21-22(13-20)25-15-24-21/h5-13,24-25H,14-15H2,1-4H3. The maximum atomic E-state index is 3.36. The molecule has 0 spiro atoms. The van der Waals surface area contributed by atoms with E-state index in [-0.39, 0.29) is 5.41 Å². The van der Waals surface area contributed by atoms with Gasteiger partial charge in [-0.2, -0.15) is 0 Å². The molecule has 0 unspecified atom stereocenters. The van der Waals surface area contributed by atoms with E-state index < -0.39 is 0 Å². The second-order valence-electron chi connectivity index (χ2n) is 8.26. The third-order valence-corrected chi connectivity index (χ3v) is 5.19. The van der Waals surface area contributed by atoms with Crippen LogP contribution in [-0.2, 0) is 12.0 Å². The van der Waals surface area contributed by atoms with E-state index in [0.29, 0.717) is 0 Å². The van der Waals surface area contributed by atoms with Crippen molar-refractivity contribution in [2.24, 2.45) is 0 Å². The first-order chi connectivity index (χ1) is 12.4. The predicted octanol–water partition coefficient (Wildman–Crippen LogP) is 5.57. The average molecular weight is 345 g/mol. The van der Waals surface area contributed by atoms with E-state index in [9.17, 15) is 0 Å². The van der Waals surface area contributed by atoms with E-state index in [1.54, 1.807) is 0 Å². The molecule has 2 N–H and O–H groups in total. The summed E-state index contributed by atoms with van der Waals surface area (Å²) < 4.78 is 0. The van der Waals surface area contributed by atoms with Crippen molar-refractivity contribution in [3.63, 3.8) is 0 Å². The van der Waals surface area contributed by atoms with Crippen LogP contribution >= 0.6 is 0 Å². The zero-order valence-electron chi connectivity index (χ0n) is 16.1. The third kappa shape index (κ3) is 3.22. The van der Waals surface area contributed by atoms with Crippen LogP contribution in [0.1, 0.15) is 31.9 Å². The normalized spacial score (nSPS) is 13.2. The molecule has 0 bridgehead atoms. The summed E-state index contributed by atoms with van der Waals surface area (Å²) in [4.78, 5) is 2.30. The van der Waals surface area contributed by atoms with Crippen molar-refractivity contribution in [2.75, 3.05) is 29.2 Å². The molecule has 0 fully saturated rings. The average Bonchev–Trinajstić information content (AvgIpc) is 3.08. The molecule has 0 amide bonds. The summed E-state index contributed by atoms with van der Waals surface area (Å²) in [6, 6.07) is 20.2. The van der Waals surface area contributed by atoms with E-state index in [1.807, 2.05) is 0 Å². The largest absolute Gasteiger partial charge is 0.370 e. The van der Waals surface area contributed by atoms with Crippen molar-refractivity contribution in [1.82, 2.24) is 0 Å². The second kappa shape index (κ2) is 6.24. The quantitative estimate of drug-likeness (QED) is 0.650. The Morgan fingerprint density at radius 2 is 1.58 bits per heavy atom. The molecule has 134 valence electrons. The Bertz CT molecular complexity index is 953. The molecule has 3 nitrogen and oxygen atoms in total. The molecule has 4 rings (SSSR count). The van der Waals surface area contributed by atoms with E-state index in [0.717, 1.165) is 13.2 Å². The summed E-state index contributed by atoms with van der Waals surface area (Å²) in [6.07, 6.45) is 0. The van der Waals surface area contributed by atoms with E-state index in [1.165, 1.54) is 39.0 Å². The highest BCUT2D eigenvalue weighted by atomic mass is 15.1. The molecular formula is C23H27N3. The highest BCUT2D eigenvalue weighted by Gasteiger charge is 2.14. The first-order valence-corrected chi connectivity index (χ1v) is 9.26. The minimum atomic E-state index is 0.184. The molecular weight excluding hydrogens is 318 g/mol. The summed E-state index contributed by atoms with van der Waals surface area (Å²) in [5, 5.41) is 9.31. The van der Waals surface area contributed by atoms with Crippen LogP contribution < -0.4 is 15.5 Å². The molecule has 26 heavy (non-hydrogen) atoms. The lowest BCUT2D eigenvalue weighted by atomic mass is 9.86. The molecule has 3 aromatic rings. The van der Waals surface area contributed by atoms with Crippen molar-refractivity contribution in [3.05, 3.63) is 65.7 Å². The van der Waals surface area contributed by atoms with Crippen molar-refractivity contribution < 1.29 is 0 Å². The minimum Gasteiger partial charge on any atom is -0.370 e. The Balaban J connectivity index is 1.57. The van der Waals surface area contributed by atoms with Gasteiger partial charge >= 0.3 is 0 Å². The Labute approximate surface area is 156 Å². The lowest BCUT2D eigenvalue weighted by molar-refractivity contribution is 0.591. The molecule has 1 aliphatic rings. The molecule has 0 aliphatic carbocycles. The molecule has 1 aliphatic heterocycles. The van der Waals surface area contributed by atoms with Crippen molar-refractivity contribution >= 4 is 27.8 Å². The second-order valence-corrected chi connectivity index (χ2v) is 8.26. The predicted molar refractivity (Wildman–Crippen MR) is 113 cm³/mol. The van der Waals surface area contributed by atoms with Crippen molar-refractivity contribution in [2.45, 2.75) is 32.7 Å². The van der Waals surface area contributed by atoms with Gasteiger partial charge in [0.2, 0.25) is 0 Å². The van der Waals surface area contributed by atoms with Gasteiger partial charge < -0.3 is 15.5 Å². The van der Waals surface area contributed by atoms with E-state index in [4.69, 9.17) is 0 Å². The van der Waals surface area contributed by atoms with Gasteiger partial charge in [0.25, 0.3) is 0 Å². The molecule has 0 atom stereocenters. The van der Waals surface area contributed by atoms with Gasteiger partial charge in [0, 0.05) is 19.3 Å². The van der Waals surface area contributed by atoms with Crippen LogP contribution in [0.15, 0.2) is 54.6 Å². The summed E-state index contributed by atoms with van der Waals surface area (Å²) in [6.45, 7) is 8.49. The maximum absolute atomic E-state index is 3.36. The summed E-state index contributed by atoms with van der Waals surface area (Å²) in [5.41, 5.74) is 6.49. The number of nitrogens with zero attached hydrogens (tertiary/aromatic N) is 1. The first-order valence-electron chi connectivity index (χ1n) is 9.26. The fourth-order valence-electron chi connectivity index (χ4n) is 3.53. The van der Waals surface area contributed by atoms with E-state index >= 15 is 0 Å². The third-order valence-electron chi connectivity index (χ3n) is 5.19. The van der Waals surface area contributed by atoms with Crippen LogP contribution in [-0.4, -0.2) is 13.7 Å². The number of rotatable bonds is 3. The van der Waals surface area contributed by atoms with Crippen LogP contribution in [0, 0.1) is 0 Å². The van der Waals surface area contributed by atoms with Crippen LogP contribution in [0.4, 0.5) is 17.1 Å². The maximum Gasteiger partial charge on any atom is 0.0850 e. The van der Waals surface area contributed by atoms with Crippen LogP contribution in [0.2, 0.25) is 0 Å². The summed E-state index contributed by atoms with van der Waals surface area (Å²) in [7, 11) is 2.15. The highest BCUT2D eigenvalue weighted by Crippen LogP contribution is 2.31. The van der Waals surface area contributed by atoms with Gasteiger partial charge in [-0.3, -0.25) is 0 Å². The topological polar surface area (TPSA) is 27.3 Å². The van der Waals surface area contributed by atoms with Gasteiger partial charge in [-0.05, 0) is 51.6 Å². The molecule has 0 saturated heterocycles. The van der Waals surface area contributed by atoms with Crippen molar-refractivity contribution in [1.29, 1.82) is 0 Å². The Hall–Kier alpha value is -2.68. The summed E-state index contributed by atoms with van der Waals surface area (Å²) in [5.74, 6) is 0. The fraction of sp³-hybridized carbons (Fsp3) is 0.304. The zero-order chi connectivity index (χ0) is 18.3. The number of benzene rings is 3. The van der Waals surface area contributed by atoms with E-state index in [2.05, 4.69) is 97.9 Å². The summed E-state index contributed by atoms with van der Waals surface area (Å²) >= 11 is 0. The van der Waals surface area contributed by atoms with Gasteiger partial charge in [0.1, 0.15) is 0 Å². The fourth-order valence-corrected chi connectivity index (χ4v) is 3.53. The lowest BCUT2D eigenvalue weighted by Crippen LogP contribution is -2.16. The number of nitrogens with one attached hydrogen (secondary N) is 2. The molecule has 3 heteroatoms. The number of anilines is 3. The molecule has 0 radical (unpaired) electrons. The van der Waals surface area contributed by atoms with Crippen LogP contribution in [0.5, 0.6) is 0 Å². The number of fused-ring (bicyclic) bond motifs is 2. The molecule has 0 aromatic heterocycles. The van der Waals surface area contributed by atoms with Gasteiger partial charge in [0.05, 0.1) is 18.0 Å².